The molecule has 0 aromatic carbocycles. The SMILES string of the molecule is CNC(CCO)C(CO)(NC)NC. The van der Waals surface area contributed by atoms with Gasteiger partial charge in [0.25, 0.3) is 0 Å². The van der Waals surface area contributed by atoms with E-state index in [-0.39, 0.29) is 19.3 Å². The largest absolute Gasteiger partial charge is 0.396 e. The molecule has 0 aliphatic heterocycles. The fourth-order valence-electron chi connectivity index (χ4n) is 1.51. The van der Waals surface area contributed by atoms with Crippen molar-refractivity contribution in [2.45, 2.75) is 18.1 Å². The van der Waals surface area contributed by atoms with E-state index in [1.165, 1.54) is 0 Å². The highest BCUT2D eigenvalue weighted by molar-refractivity contribution is 4.93. The molecule has 80 valence electrons. The molecule has 0 aromatic heterocycles. The van der Waals surface area contributed by atoms with Crippen molar-refractivity contribution in [3.05, 3.63) is 0 Å². The van der Waals surface area contributed by atoms with E-state index in [0.717, 1.165) is 0 Å². The van der Waals surface area contributed by atoms with Crippen LogP contribution in [0.25, 0.3) is 0 Å². The third-order valence-electron chi connectivity index (χ3n) is 2.50. The van der Waals surface area contributed by atoms with Crippen LogP contribution in [0.4, 0.5) is 0 Å². The Bertz CT molecular complexity index is 120. The topological polar surface area (TPSA) is 76.5 Å². The molecular weight excluding hydrogens is 170 g/mol. The van der Waals surface area contributed by atoms with E-state index in [4.69, 9.17) is 5.11 Å². The fourth-order valence-corrected chi connectivity index (χ4v) is 1.51. The maximum atomic E-state index is 9.26. The number of rotatable bonds is 7. The van der Waals surface area contributed by atoms with Gasteiger partial charge in [-0.1, -0.05) is 0 Å². The van der Waals surface area contributed by atoms with Crippen LogP contribution in [0.3, 0.4) is 0 Å². The van der Waals surface area contributed by atoms with E-state index < -0.39 is 5.66 Å². The van der Waals surface area contributed by atoms with Crippen LogP contribution >= 0.6 is 0 Å². The van der Waals surface area contributed by atoms with Crippen LogP contribution in [0, 0.1) is 0 Å². The quantitative estimate of drug-likeness (QED) is 0.303. The summed E-state index contributed by atoms with van der Waals surface area (Å²) in [5, 5.41) is 27.2. The maximum Gasteiger partial charge on any atom is 0.108 e. The van der Waals surface area contributed by atoms with Crippen molar-refractivity contribution in [2.75, 3.05) is 34.4 Å². The van der Waals surface area contributed by atoms with Gasteiger partial charge in [0.05, 0.1) is 6.61 Å². The lowest BCUT2D eigenvalue weighted by atomic mass is 9.98. The molecule has 1 atom stereocenters. The van der Waals surface area contributed by atoms with Crippen molar-refractivity contribution in [2.24, 2.45) is 0 Å². The normalized spacial score (nSPS) is 14.5. The molecule has 0 heterocycles. The summed E-state index contributed by atoms with van der Waals surface area (Å²) in [6, 6.07) is -0.0162. The predicted octanol–water partition coefficient (Wildman–Crippen LogP) is -1.92. The third kappa shape index (κ3) is 2.89. The smallest absolute Gasteiger partial charge is 0.108 e. The highest BCUT2D eigenvalue weighted by Crippen LogP contribution is 2.08. The Balaban J connectivity index is 4.45. The molecule has 5 heteroatoms. The van der Waals surface area contributed by atoms with Crippen molar-refractivity contribution >= 4 is 0 Å². The number of hydrogen-bond donors (Lipinski definition) is 5. The zero-order chi connectivity index (χ0) is 10.3. The summed E-state index contributed by atoms with van der Waals surface area (Å²) in [7, 11) is 5.35. The van der Waals surface area contributed by atoms with E-state index in [2.05, 4.69) is 16.0 Å². The highest BCUT2D eigenvalue weighted by atomic mass is 16.3. The number of aliphatic hydroxyl groups excluding tert-OH is 2. The van der Waals surface area contributed by atoms with Gasteiger partial charge in [0, 0.05) is 12.6 Å². The second-order valence-corrected chi connectivity index (χ2v) is 2.98. The first-order valence-electron chi connectivity index (χ1n) is 4.47. The zero-order valence-electron chi connectivity index (χ0n) is 8.59. The van der Waals surface area contributed by atoms with Gasteiger partial charge in [0.1, 0.15) is 5.66 Å². The number of hydrogen-bond acceptors (Lipinski definition) is 5. The van der Waals surface area contributed by atoms with E-state index in [0.29, 0.717) is 6.42 Å². The van der Waals surface area contributed by atoms with E-state index >= 15 is 0 Å². The van der Waals surface area contributed by atoms with Crippen LogP contribution in [0.2, 0.25) is 0 Å². The van der Waals surface area contributed by atoms with Gasteiger partial charge in [0.2, 0.25) is 0 Å². The molecule has 0 radical (unpaired) electrons. The number of likely N-dealkylation sites (N-methyl/N-ethyl adjacent to an activating group) is 3. The Hall–Kier alpha value is -0.200. The second-order valence-electron chi connectivity index (χ2n) is 2.98. The summed E-state index contributed by atoms with van der Waals surface area (Å²) in [6.07, 6.45) is 0.582. The van der Waals surface area contributed by atoms with E-state index in [1.54, 1.807) is 21.1 Å². The van der Waals surface area contributed by atoms with Crippen LogP contribution in [-0.4, -0.2) is 56.3 Å². The molecule has 1 unspecified atom stereocenters. The summed E-state index contributed by atoms with van der Waals surface area (Å²) in [5.41, 5.74) is -0.572. The van der Waals surface area contributed by atoms with Crippen molar-refractivity contribution in [3.63, 3.8) is 0 Å². The summed E-state index contributed by atoms with van der Waals surface area (Å²) >= 11 is 0. The van der Waals surface area contributed by atoms with Crippen LogP contribution in [-0.2, 0) is 0 Å². The molecule has 0 rings (SSSR count). The first-order chi connectivity index (χ1) is 6.20. The van der Waals surface area contributed by atoms with E-state index in [9.17, 15) is 5.11 Å². The Morgan fingerprint density at radius 1 is 1.15 bits per heavy atom. The van der Waals surface area contributed by atoms with E-state index in [1.807, 2.05) is 0 Å². The van der Waals surface area contributed by atoms with Crippen molar-refractivity contribution in [1.82, 2.24) is 16.0 Å². The summed E-state index contributed by atoms with van der Waals surface area (Å²) in [4.78, 5) is 0. The monoisotopic (exact) mass is 191 g/mol. The molecule has 13 heavy (non-hydrogen) atoms. The molecule has 0 fully saturated rings. The van der Waals surface area contributed by atoms with Crippen molar-refractivity contribution in [3.8, 4) is 0 Å². The Labute approximate surface area is 79.5 Å². The molecule has 0 spiro atoms. The minimum atomic E-state index is -0.572. The third-order valence-corrected chi connectivity index (χ3v) is 2.50. The van der Waals surface area contributed by atoms with Crippen molar-refractivity contribution < 1.29 is 10.2 Å². The predicted molar refractivity (Wildman–Crippen MR) is 52.5 cm³/mol. The van der Waals surface area contributed by atoms with Gasteiger partial charge < -0.3 is 15.5 Å². The molecule has 5 N–H and O–H groups in total. The number of aliphatic hydroxyl groups is 2. The standard InChI is InChI=1S/C8H21N3O2/c1-9-7(4-5-12)8(6-13,10-2)11-3/h7,9-13H,4-6H2,1-3H3. The molecule has 5 nitrogen and oxygen atoms in total. The lowest BCUT2D eigenvalue weighted by Crippen LogP contribution is -2.68. The molecule has 0 bridgehead atoms. The Kier molecular flexibility index (Phi) is 6.19. The van der Waals surface area contributed by atoms with Gasteiger partial charge in [-0.25, -0.2) is 0 Å². The van der Waals surface area contributed by atoms with Crippen LogP contribution in [0.15, 0.2) is 0 Å². The van der Waals surface area contributed by atoms with Gasteiger partial charge >= 0.3 is 0 Å². The van der Waals surface area contributed by atoms with Gasteiger partial charge in [0.15, 0.2) is 0 Å². The van der Waals surface area contributed by atoms with Gasteiger partial charge in [-0.15, -0.1) is 0 Å². The van der Waals surface area contributed by atoms with Gasteiger partial charge in [-0.2, -0.15) is 0 Å². The average molecular weight is 191 g/mol. The summed E-state index contributed by atoms with van der Waals surface area (Å²) < 4.78 is 0. The molecule has 0 saturated carbocycles. The summed E-state index contributed by atoms with van der Waals surface area (Å²) in [6.45, 7) is 0.0577. The minimum Gasteiger partial charge on any atom is -0.396 e. The molecule has 0 aromatic rings. The molecule has 0 saturated heterocycles. The Morgan fingerprint density at radius 2 is 1.69 bits per heavy atom. The molecular formula is C8H21N3O2. The van der Waals surface area contributed by atoms with Crippen LogP contribution in [0.1, 0.15) is 6.42 Å². The number of nitrogens with one attached hydrogen (secondary N) is 3. The van der Waals surface area contributed by atoms with Crippen LogP contribution < -0.4 is 16.0 Å². The molecule has 0 aliphatic carbocycles. The van der Waals surface area contributed by atoms with Gasteiger partial charge in [-0.05, 0) is 27.6 Å². The highest BCUT2D eigenvalue weighted by Gasteiger charge is 2.33. The first kappa shape index (κ1) is 12.8. The zero-order valence-corrected chi connectivity index (χ0v) is 8.59. The molecule has 0 amide bonds. The van der Waals surface area contributed by atoms with Gasteiger partial charge in [-0.3, -0.25) is 10.6 Å². The average Bonchev–Trinajstić information content (AvgIpc) is 2.19. The fraction of sp³-hybridized carbons (Fsp3) is 1.00. The molecule has 0 aliphatic rings. The van der Waals surface area contributed by atoms with Crippen LogP contribution in [0.5, 0.6) is 0 Å². The Morgan fingerprint density at radius 3 is 1.92 bits per heavy atom. The first-order valence-corrected chi connectivity index (χ1v) is 4.47. The minimum absolute atomic E-state index is 0.0162. The second kappa shape index (κ2) is 6.28. The summed E-state index contributed by atoms with van der Waals surface area (Å²) in [5.74, 6) is 0. The van der Waals surface area contributed by atoms with Crippen molar-refractivity contribution in [1.29, 1.82) is 0 Å². The maximum absolute atomic E-state index is 9.26. The lowest BCUT2D eigenvalue weighted by molar-refractivity contribution is 0.0931. The lowest BCUT2D eigenvalue weighted by Gasteiger charge is -2.38.